The maximum atomic E-state index is 5.32. The molecule has 5 heteroatoms. The summed E-state index contributed by atoms with van der Waals surface area (Å²) in [7, 11) is 1.70. The molecule has 2 rings (SSSR count). The lowest BCUT2D eigenvalue weighted by Gasteiger charge is -2.10. The Kier molecular flexibility index (Phi) is 6.07. The highest BCUT2D eigenvalue weighted by Gasteiger charge is 2.09. The molecule has 0 saturated carbocycles. The van der Waals surface area contributed by atoms with Crippen LogP contribution in [0.15, 0.2) is 18.2 Å². The van der Waals surface area contributed by atoms with Crippen LogP contribution >= 0.6 is 12.2 Å². The van der Waals surface area contributed by atoms with Gasteiger partial charge in [0.05, 0.1) is 7.11 Å². The second-order valence-corrected chi connectivity index (χ2v) is 5.83. The van der Waals surface area contributed by atoms with Crippen LogP contribution in [0.25, 0.3) is 10.9 Å². The molecule has 0 aliphatic rings. The average Bonchev–Trinajstić information content (AvgIpc) is 2.82. The first-order valence-corrected chi connectivity index (χ1v) is 8.23. The maximum Gasteiger partial charge on any atom is 0.166 e. The van der Waals surface area contributed by atoms with Gasteiger partial charge in [0.2, 0.25) is 0 Å². The van der Waals surface area contributed by atoms with Gasteiger partial charge in [0.25, 0.3) is 0 Å². The van der Waals surface area contributed by atoms with Crippen molar-refractivity contribution in [2.75, 3.05) is 20.2 Å². The maximum absolute atomic E-state index is 5.32. The van der Waals surface area contributed by atoms with Crippen LogP contribution < -0.4 is 15.4 Å². The van der Waals surface area contributed by atoms with E-state index in [0.29, 0.717) is 0 Å². The Hall–Kier alpha value is -1.75. The number of nitrogens with one attached hydrogen (secondary N) is 3. The Balaban J connectivity index is 1.96. The van der Waals surface area contributed by atoms with Crippen LogP contribution in [0.2, 0.25) is 0 Å². The van der Waals surface area contributed by atoms with Crippen molar-refractivity contribution in [3.05, 3.63) is 29.5 Å². The van der Waals surface area contributed by atoms with Gasteiger partial charge in [-0.2, -0.15) is 0 Å². The number of unbranched alkanes of at least 4 members (excludes halogenated alkanes) is 1. The topological polar surface area (TPSA) is 49.1 Å². The minimum absolute atomic E-state index is 0.739. The molecule has 0 unspecified atom stereocenters. The fourth-order valence-corrected chi connectivity index (χ4v) is 2.76. The Morgan fingerprint density at radius 1 is 1.27 bits per heavy atom. The SMILES string of the molecule is CCCCNC(=S)NCCc1c(C)[nH]c2ccc(OC)cc12. The van der Waals surface area contributed by atoms with Gasteiger partial charge >= 0.3 is 0 Å². The molecule has 0 amide bonds. The molecular formula is C17H25N3OS. The van der Waals surface area contributed by atoms with Crippen molar-refractivity contribution in [2.45, 2.75) is 33.1 Å². The Morgan fingerprint density at radius 3 is 2.77 bits per heavy atom. The van der Waals surface area contributed by atoms with Gasteiger partial charge in [-0.25, -0.2) is 0 Å². The zero-order valence-corrected chi connectivity index (χ0v) is 14.4. The summed E-state index contributed by atoms with van der Waals surface area (Å²) in [4.78, 5) is 3.43. The van der Waals surface area contributed by atoms with Crippen LogP contribution in [0.3, 0.4) is 0 Å². The lowest BCUT2D eigenvalue weighted by atomic mass is 10.1. The number of thiocarbonyl (C=S) groups is 1. The van der Waals surface area contributed by atoms with Crippen molar-refractivity contribution in [1.29, 1.82) is 0 Å². The molecule has 2 aromatic rings. The quantitative estimate of drug-likeness (QED) is 0.541. The lowest BCUT2D eigenvalue weighted by molar-refractivity contribution is 0.415. The van der Waals surface area contributed by atoms with Gasteiger partial charge in [-0.05, 0) is 55.7 Å². The van der Waals surface area contributed by atoms with Gasteiger partial charge in [0.15, 0.2) is 5.11 Å². The highest BCUT2D eigenvalue weighted by molar-refractivity contribution is 7.80. The summed E-state index contributed by atoms with van der Waals surface area (Å²) in [5.41, 5.74) is 3.67. The van der Waals surface area contributed by atoms with Crippen LogP contribution in [0.5, 0.6) is 5.75 Å². The van der Waals surface area contributed by atoms with Gasteiger partial charge in [-0.15, -0.1) is 0 Å². The van der Waals surface area contributed by atoms with Crippen molar-refractivity contribution < 1.29 is 4.74 Å². The summed E-state index contributed by atoms with van der Waals surface area (Å²) in [5.74, 6) is 0.887. The molecule has 4 nitrogen and oxygen atoms in total. The van der Waals surface area contributed by atoms with E-state index in [1.165, 1.54) is 23.1 Å². The monoisotopic (exact) mass is 319 g/mol. The number of rotatable bonds is 7. The van der Waals surface area contributed by atoms with Crippen molar-refractivity contribution in [2.24, 2.45) is 0 Å². The van der Waals surface area contributed by atoms with Crippen LogP contribution in [-0.4, -0.2) is 30.3 Å². The molecule has 0 radical (unpaired) electrons. The first-order chi connectivity index (χ1) is 10.7. The number of fused-ring (bicyclic) bond motifs is 1. The third kappa shape index (κ3) is 4.13. The molecule has 0 saturated heterocycles. The molecule has 22 heavy (non-hydrogen) atoms. The van der Waals surface area contributed by atoms with Crippen LogP contribution in [0.4, 0.5) is 0 Å². The molecule has 120 valence electrons. The van der Waals surface area contributed by atoms with Crippen LogP contribution in [0, 0.1) is 6.92 Å². The van der Waals surface area contributed by atoms with Crippen molar-refractivity contribution in [1.82, 2.24) is 15.6 Å². The highest BCUT2D eigenvalue weighted by Crippen LogP contribution is 2.26. The predicted molar refractivity (Wildman–Crippen MR) is 96.8 cm³/mol. The van der Waals surface area contributed by atoms with E-state index in [1.807, 2.05) is 6.07 Å². The molecule has 0 spiro atoms. The fourth-order valence-electron chi connectivity index (χ4n) is 2.55. The smallest absolute Gasteiger partial charge is 0.166 e. The van der Waals surface area contributed by atoms with Crippen LogP contribution in [0.1, 0.15) is 31.0 Å². The Labute approximate surface area is 137 Å². The number of aromatic nitrogens is 1. The summed E-state index contributed by atoms with van der Waals surface area (Å²) in [6, 6.07) is 6.13. The first kappa shape index (κ1) is 16.6. The molecule has 0 fully saturated rings. The number of ether oxygens (including phenoxy) is 1. The fraction of sp³-hybridized carbons (Fsp3) is 0.471. The zero-order valence-electron chi connectivity index (χ0n) is 13.6. The molecule has 1 aromatic heterocycles. The van der Waals surface area contributed by atoms with E-state index in [9.17, 15) is 0 Å². The molecule has 3 N–H and O–H groups in total. The summed E-state index contributed by atoms with van der Waals surface area (Å²) in [5, 5.41) is 8.47. The Bertz CT molecular complexity index is 636. The van der Waals surface area contributed by atoms with E-state index in [-0.39, 0.29) is 0 Å². The second kappa shape index (κ2) is 8.03. The van der Waals surface area contributed by atoms with E-state index in [4.69, 9.17) is 17.0 Å². The van der Waals surface area contributed by atoms with E-state index in [2.05, 4.69) is 41.6 Å². The van der Waals surface area contributed by atoms with E-state index in [0.717, 1.165) is 42.3 Å². The predicted octanol–water partition coefficient (Wildman–Crippen LogP) is 3.29. The van der Waals surface area contributed by atoms with Crippen molar-refractivity contribution in [3.63, 3.8) is 0 Å². The van der Waals surface area contributed by atoms with E-state index < -0.39 is 0 Å². The molecule has 1 heterocycles. The number of hydrogen-bond acceptors (Lipinski definition) is 2. The molecule has 1 aromatic carbocycles. The standard InChI is InChI=1S/C17H25N3OS/c1-4-5-9-18-17(22)19-10-8-14-12(2)20-16-7-6-13(21-3)11-15(14)16/h6-7,11,20H,4-5,8-10H2,1-3H3,(H2,18,19,22). The van der Waals surface area contributed by atoms with Crippen LogP contribution in [-0.2, 0) is 6.42 Å². The molecular weight excluding hydrogens is 294 g/mol. The highest BCUT2D eigenvalue weighted by atomic mass is 32.1. The number of methoxy groups -OCH3 is 1. The number of hydrogen-bond donors (Lipinski definition) is 3. The van der Waals surface area contributed by atoms with E-state index in [1.54, 1.807) is 7.11 Å². The number of aromatic amines is 1. The van der Waals surface area contributed by atoms with Gasteiger partial charge in [0.1, 0.15) is 5.75 Å². The second-order valence-electron chi connectivity index (χ2n) is 5.43. The van der Waals surface area contributed by atoms with E-state index >= 15 is 0 Å². The first-order valence-electron chi connectivity index (χ1n) is 7.82. The van der Waals surface area contributed by atoms with Crippen molar-refractivity contribution >= 4 is 28.2 Å². The van der Waals surface area contributed by atoms with Gasteiger partial charge in [-0.1, -0.05) is 13.3 Å². The van der Waals surface area contributed by atoms with Gasteiger partial charge in [0, 0.05) is 29.7 Å². The average molecular weight is 319 g/mol. The summed E-state index contributed by atoms with van der Waals surface area (Å²) in [6.07, 6.45) is 3.24. The Morgan fingerprint density at radius 2 is 2.05 bits per heavy atom. The third-order valence-corrected chi connectivity index (χ3v) is 4.09. The minimum atomic E-state index is 0.739. The normalized spacial score (nSPS) is 10.7. The van der Waals surface area contributed by atoms with Gasteiger partial charge < -0.3 is 20.4 Å². The molecule has 0 bridgehead atoms. The summed E-state index contributed by atoms with van der Waals surface area (Å²) in [6.45, 7) is 6.04. The van der Waals surface area contributed by atoms with Gasteiger partial charge in [-0.3, -0.25) is 0 Å². The molecule has 0 aliphatic heterocycles. The number of benzene rings is 1. The summed E-state index contributed by atoms with van der Waals surface area (Å²) < 4.78 is 5.32. The number of H-pyrrole nitrogens is 1. The minimum Gasteiger partial charge on any atom is -0.497 e. The number of aryl methyl sites for hydroxylation is 1. The molecule has 0 atom stereocenters. The van der Waals surface area contributed by atoms with Crippen molar-refractivity contribution in [3.8, 4) is 5.75 Å². The lowest BCUT2D eigenvalue weighted by Crippen LogP contribution is -2.36. The zero-order chi connectivity index (χ0) is 15.9. The molecule has 0 aliphatic carbocycles. The summed E-state index contributed by atoms with van der Waals surface area (Å²) >= 11 is 5.28. The largest absolute Gasteiger partial charge is 0.497 e. The third-order valence-electron chi connectivity index (χ3n) is 3.80.